The van der Waals surface area contributed by atoms with E-state index in [0.717, 1.165) is 17.0 Å². The molecule has 2 rings (SSSR count). The fourth-order valence-corrected chi connectivity index (χ4v) is 1.37. The molecule has 5 nitrogen and oxygen atoms in total. The van der Waals surface area contributed by atoms with Crippen LogP contribution in [0.4, 0.5) is 0 Å². The molecule has 0 aliphatic heterocycles. The molecular weight excluding hydrogens is 194 g/mol. The zero-order chi connectivity index (χ0) is 11.0. The van der Waals surface area contributed by atoms with Crippen molar-refractivity contribution >= 4 is 11.6 Å². The number of hydrogen-bond acceptors (Lipinski definition) is 4. The summed E-state index contributed by atoms with van der Waals surface area (Å²) in [6.45, 7) is 3.81. The number of aryl methyl sites for hydroxylation is 2. The number of carbonyl (C=O) groups excluding carboxylic acids is 1. The maximum absolute atomic E-state index is 11.3. The summed E-state index contributed by atoms with van der Waals surface area (Å²) in [7, 11) is 1.33. The first-order valence-corrected chi connectivity index (χ1v) is 4.55. The third-order valence-corrected chi connectivity index (χ3v) is 2.33. The number of esters is 1. The highest BCUT2D eigenvalue weighted by molar-refractivity contribution is 5.87. The van der Waals surface area contributed by atoms with Crippen molar-refractivity contribution in [2.75, 3.05) is 7.11 Å². The van der Waals surface area contributed by atoms with Gasteiger partial charge in [0, 0.05) is 0 Å². The van der Waals surface area contributed by atoms with Gasteiger partial charge in [-0.05, 0) is 26.0 Å². The van der Waals surface area contributed by atoms with Crippen molar-refractivity contribution in [3.8, 4) is 0 Å². The molecule has 0 bridgehead atoms. The van der Waals surface area contributed by atoms with E-state index in [2.05, 4.69) is 14.8 Å². The summed E-state index contributed by atoms with van der Waals surface area (Å²) in [5, 5.41) is 4.15. The van der Waals surface area contributed by atoms with Crippen LogP contribution >= 0.6 is 0 Å². The van der Waals surface area contributed by atoms with Gasteiger partial charge in [0.15, 0.2) is 11.3 Å². The summed E-state index contributed by atoms with van der Waals surface area (Å²) >= 11 is 0. The molecule has 0 amide bonds. The molecule has 5 heteroatoms. The van der Waals surface area contributed by atoms with E-state index in [-0.39, 0.29) is 5.69 Å². The lowest BCUT2D eigenvalue weighted by Crippen LogP contribution is -2.07. The number of imidazole rings is 1. The Labute approximate surface area is 86.7 Å². The van der Waals surface area contributed by atoms with Gasteiger partial charge in [0.05, 0.1) is 18.5 Å². The highest BCUT2D eigenvalue weighted by Gasteiger charge is 2.11. The quantitative estimate of drug-likeness (QED) is 0.655. The number of hydrogen-bond donors (Lipinski definition) is 0. The zero-order valence-electron chi connectivity index (χ0n) is 8.81. The summed E-state index contributed by atoms with van der Waals surface area (Å²) in [4.78, 5) is 15.5. The fraction of sp³-hybridized carbons (Fsp3) is 0.300. The van der Waals surface area contributed by atoms with E-state index < -0.39 is 5.97 Å². The van der Waals surface area contributed by atoms with Crippen LogP contribution in [0.3, 0.4) is 0 Å². The molecule has 2 aromatic heterocycles. The van der Waals surface area contributed by atoms with E-state index in [0.29, 0.717) is 0 Å². The lowest BCUT2D eigenvalue weighted by atomic mass is 10.4. The summed E-state index contributed by atoms with van der Waals surface area (Å²) in [6.07, 6.45) is 0. The molecule has 0 saturated heterocycles. The SMILES string of the molecule is COC(=O)c1ccc2nc(C)c(C)n2n1. The minimum atomic E-state index is -0.442. The number of aromatic nitrogens is 3. The number of carbonyl (C=O) groups is 1. The monoisotopic (exact) mass is 205 g/mol. The fourth-order valence-electron chi connectivity index (χ4n) is 1.37. The molecule has 0 unspecified atom stereocenters. The molecule has 0 N–H and O–H groups in total. The lowest BCUT2D eigenvalue weighted by molar-refractivity contribution is 0.0592. The van der Waals surface area contributed by atoms with Gasteiger partial charge < -0.3 is 4.74 Å². The van der Waals surface area contributed by atoms with Crippen molar-refractivity contribution in [2.45, 2.75) is 13.8 Å². The Morgan fingerprint density at radius 2 is 2.13 bits per heavy atom. The highest BCUT2D eigenvalue weighted by Crippen LogP contribution is 2.09. The minimum absolute atomic E-state index is 0.283. The van der Waals surface area contributed by atoms with E-state index in [9.17, 15) is 4.79 Å². The van der Waals surface area contributed by atoms with Crippen molar-refractivity contribution < 1.29 is 9.53 Å². The number of ether oxygens (including phenoxy) is 1. The van der Waals surface area contributed by atoms with Gasteiger partial charge >= 0.3 is 5.97 Å². The van der Waals surface area contributed by atoms with Gasteiger partial charge in [0.25, 0.3) is 0 Å². The Balaban J connectivity index is 2.64. The second-order valence-corrected chi connectivity index (χ2v) is 3.26. The zero-order valence-corrected chi connectivity index (χ0v) is 8.81. The standard InChI is InChI=1S/C10H11N3O2/c1-6-7(2)13-9(11-6)5-4-8(12-13)10(14)15-3/h4-5H,1-3H3. The second-order valence-electron chi connectivity index (χ2n) is 3.26. The van der Waals surface area contributed by atoms with Crippen molar-refractivity contribution in [1.29, 1.82) is 0 Å². The summed E-state index contributed by atoms with van der Waals surface area (Å²) in [5.74, 6) is -0.442. The van der Waals surface area contributed by atoms with E-state index in [4.69, 9.17) is 0 Å². The summed E-state index contributed by atoms with van der Waals surface area (Å²) < 4.78 is 6.24. The van der Waals surface area contributed by atoms with Crippen LogP contribution in [-0.4, -0.2) is 27.7 Å². The molecule has 0 aromatic carbocycles. The van der Waals surface area contributed by atoms with Gasteiger partial charge in [-0.1, -0.05) is 0 Å². The molecule has 0 atom stereocenters. The van der Waals surface area contributed by atoms with Crippen LogP contribution in [0, 0.1) is 13.8 Å². The number of rotatable bonds is 1. The summed E-state index contributed by atoms with van der Waals surface area (Å²) in [5.41, 5.74) is 2.85. The van der Waals surface area contributed by atoms with Gasteiger partial charge in [-0.25, -0.2) is 14.3 Å². The van der Waals surface area contributed by atoms with Crippen LogP contribution in [-0.2, 0) is 4.74 Å². The minimum Gasteiger partial charge on any atom is -0.464 e. The van der Waals surface area contributed by atoms with Gasteiger partial charge in [0.1, 0.15) is 0 Å². The Hall–Kier alpha value is -1.91. The second kappa shape index (κ2) is 3.34. The van der Waals surface area contributed by atoms with E-state index in [1.165, 1.54) is 7.11 Å². The third kappa shape index (κ3) is 1.45. The molecule has 0 aliphatic carbocycles. The Morgan fingerprint density at radius 1 is 1.40 bits per heavy atom. The average Bonchev–Trinajstić information content (AvgIpc) is 2.54. The Kier molecular flexibility index (Phi) is 2.15. The molecule has 0 aliphatic rings. The molecule has 15 heavy (non-hydrogen) atoms. The number of fused-ring (bicyclic) bond motifs is 1. The number of methoxy groups -OCH3 is 1. The van der Waals surface area contributed by atoms with Gasteiger partial charge in [-0.15, -0.1) is 0 Å². The first-order chi connectivity index (χ1) is 7.13. The summed E-state index contributed by atoms with van der Waals surface area (Å²) in [6, 6.07) is 3.35. The van der Waals surface area contributed by atoms with Gasteiger partial charge in [0.2, 0.25) is 0 Å². The van der Waals surface area contributed by atoms with Crippen molar-refractivity contribution in [2.24, 2.45) is 0 Å². The molecule has 2 heterocycles. The lowest BCUT2D eigenvalue weighted by Gasteiger charge is -1.99. The Morgan fingerprint density at radius 3 is 2.80 bits per heavy atom. The first kappa shape index (κ1) is 9.64. The number of nitrogens with zero attached hydrogens (tertiary/aromatic N) is 3. The van der Waals surface area contributed by atoms with Crippen LogP contribution in [0.1, 0.15) is 21.9 Å². The topological polar surface area (TPSA) is 56.5 Å². The van der Waals surface area contributed by atoms with E-state index >= 15 is 0 Å². The van der Waals surface area contributed by atoms with Crippen LogP contribution in [0.15, 0.2) is 12.1 Å². The molecule has 0 fully saturated rings. The largest absolute Gasteiger partial charge is 0.464 e. The predicted molar refractivity (Wildman–Crippen MR) is 53.8 cm³/mol. The van der Waals surface area contributed by atoms with Crippen LogP contribution < -0.4 is 0 Å². The van der Waals surface area contributed by atoms with Crippen LogP contribution in [0.2, 0.25) is 0 Å². The molecule has 0 saturated carbocycles. The van der Waals surface area contributed by atoms with Gasteiger partial charge in [-0.3, -0.25) is 0 Å². The maximum atomic E-state index is 11.3. The van der Waals surface area contributed by atoms with E-state index in [1.54, 1.807) is 16.6 Å². The van der Waals surface area contributed by atoms with Crippen molar-refractivity contribution in [3.63, 3.8) is 0 Å². The predicted octanol–water partition coefficient (Wildman–Crippen LogP) is 1.13. The van der Waals surface area contributed by atoms with Gasteiger partial charge in [-0.2, -0.15) is 5.10 Å². The smallest absolute Gasteiger partial charge is 0.358 e. The first-order valence-electron chi connectivity index (χ1n) is 4.55. The molecule has 2 aromatic rings. The molecule has 0 radical (unpaired) electrons. The van der Waals surface area contributed by atoms with E-state index in [1.807, 2.05) is 13.8 Å². The van der Waals surface area contributed by atoms with Crippen LogP contribution in [0.5, 0.6) is 0 Å². The van der Waals surface area contributed by atoms with Crippen molar-refractivity contribution in [1.82, 2.24) is 14.6 Å². The molecular formula is C10H11N3O2. The molecule has 78 valence electrons. The maximum Gasteiger partial charge on any atom is 0.358 e. The molecule has 0 spiro atoms. The Bertz CT molecular complexity index is 531. The van der Waals surface area contributed by atoms with Crippen molar-refractivity contribution in [3.05, 3.63) is 29.2 Å². The third-order valence-electron chi connectivity index (χ3n) is 2.33. The average molecular weight is 205 g/mol. The highest BCUT2D eigenvalue weighted by atomic mass is 16.5. The van der Waals surface area contributed by atoms with Crippen LogP contribution in [0.25, 0.3) is 5.65 Å². The normalized spacial score (nSPS) is 10.6.